The highest BCUT2D eigenvalue weighted by atomic mass is 32.2. The van der Waals surface area contributed by atoms with E-state index in [1.54, 1.807) is 12.1 Å². The SMILES string of the molecule is Cc1ccc(C)c(-c2cc(NCCc3ccc(S(N)(=O)=O)cc3)nc(N)n2)c1. The van der Waals surface area contributed by atoms with E-state index < -0.39 is 10.0 Å². The van der Waals surface area contributed by atoms with Crippen LogP contribution in [0, 0.1) is 13.8 Å². The lowest BCUT2D eigenvalue weighted by atomic mass is 10.0. The van der Waals surface area contributed by atoms with Crippen LogP contribution in [0.1, 0.15) is 16.7 Å². The van der Waals surface area contributed by atoms with E-state index in [9.17, 15) is 8.42 Å². The van der Waals surface area contributed by atoms with E-state index in [1.165, 1.54) is 12.1 Å². The predicted octanol–water partition coefficient (Wildman–Crippen LogP) is 2.64. The summed E-state index contributed by atoms with van der Waals surface area (Å²) in [5.74, 6) is 0.850. The number of nitrogens with one attached hydrogen (secondary N) is 1. The summed E-state index contributed by atoms with van der Waals surface area (Å²) >= 11 is 0. The molecule has 0 unspecified atom stereocenters. The van der Waals surface area contributed by atoms with Crippen molar-refractivity contribution in [2.24, 2.45) is 5.14 Å². The van der Waals surface area contributed by atoms with E-state index in [-0.39, 0.29) is 10.8 Å². The molecule has 0 amide bonds. The van der Waals surface area contributed by atoms with Gasteiger partial charge in [-0.25, -0.2) is 18.5 Å². The molecule has 0 saturated heterocycles. The fraction of sp³-hybridized carbons (Fsp3) is 0.200. The van der Waals surface area contributed by atoms with E-state index in [0.717, 1.165) is 27.9 Å². The second-order valence-corrected chi connectivity index (χ2v) is 8.24. The van der Waals surface area contributed by atoms with Gasteiger partial charge < -0.3 is 11.1 Å². The molecule has 0 aliphatic carbocycles. The Kier molecular flexibility index (Phi) is 5.62. The van der Waals surface area contributed by atoms with Crippen LogP contribution in [0.2, 0.25) is 0 Å². The third-order valence-corrected chi connectivity index (χ3v) is 5.31. The molecule has 0 atom stereocenters. The van der Waals surface area contributed by atoms with Crippen LogP contribution in [0.5, 0.6) is 0 Å². The van der Waals surface area contributed by atoms with Crippen LogP contribution in [0.4, 0.5) is 11.8 Å². The number of nitrogens with two attached hydrogens (primary N) is 2. The number of hydrogen-bond donors (Lipinski definition) is 3. The van der Waals surface area contributed by atoms with Crippen molar-refractivity contribution in [2.75, 3.05) is 17.6 Å². The molecule has 5 N–H and O–H groups in total. The number of sulfonamides is 1. The van der Waals surface area contributed by atoms with Gasteiger partial charge in [-0.1, -0.05) is 29.8 Å². The normalized spacial score (nSPS) is 11.4. The Hall–Kier alpha value is -2.97. The summed E-state index contributed by atoms with van der Waals surface area (Å²) in [5, 5.41) is 8.36. The molecule has 146 valence electrons. The average Bonchev–Trinajstić information content (AvgIpc) is 2.63. The first kappa shape index (κ1) is 19.8. The molecule has 3 aromatic rings. The molecule has 0 aliphatic rings. The summed E-state index contributed by atoms with van der Waals surface area (Å²) < 4.78 is 22.6. The van der Waals surface area contributed by atoms with Gasteiger partial charge >= 0.3 is 0 Å². The van der Waals surface area contributed by atoms with Gasteiger partial charge in [-0.05, 0) is 49.6 Å². The minimum absolute atomic E-state index is 0.103. The van der Waals surface area contributed by atoms with Gasteiger partial charge in [0.1, 0.15) is 5.82 Å². The standard InChI is InChI=1S/C20H23N5O2S/c1-13-3-4-14(2)17(11-13)18-12-19(25-20(21)24-18)23-10-9-15-5-7-16(8-6-15)28(22,26)27/h3-8,11-12H,9-10H2,1-2H3,(H2,22,26,27)(H3,21,23,24,25). The number of hydrogen-bond acceptors (Lipinski definition) is 6. The molecular weight excluding hydrogens is 374 g/mol. The van der Waals surface area contributed by atoms with E-state index in [2.05, 4.69) is 33.5 Å². The molecule has 8 heteroatoms. The van der Waals surface area contributed by atoms with Crippen LogP contribution in [0.15, 0.2) is 53.4 Å². The number of anilines is 2. The zero-order valence-corrected chi connectivity index (χ0v) is 16.6. The van der Waals surface area contributed by atoms with E-state index in [4.69, 9.17) is 10.9 Å². The fourth-order valence-corrected chi connectivity index (χ4v) is 3.40. The largest absolute Gasteiger partial charge is 0.370 e. The molecule has 0 saturated carbocycles. The van der Waals surface area contributed by atoms with Crippen LogP contribution < -0.4 is 16.2 Å². The topological polar surface area (TPSA) is 124 Å². The predicted molar refractivity (Wildman–Crippen MR) is 111 cm³/mol. The maximum absolute atomic E-state index is 11.3. The molecule has 2 aromatic carbocycles. The van der Waals surface area contributed by atoms with Crippen molar-refractivity contribution >= 4 is 21.8 Å². The number of aryl methyl sites for hydroxylation is 2. The lowest BCUT2D eigenvalue weighted by molar-refractivity contribution is 0.598. The summed E-state index contributed by atoms with van der Waals surface area (Å²) in [5.41, 5.74) is 10.9. The molecule has 1 heterocycles. The zero-order valence-electron chi connectivity index (χ0n) is 15.8. The third-order valence-electron chi connectivity index (χ3n) is 4.38. The number of aromatic nitrogens is 2. The summed E-state index contributed by atoms with van der Waals surface area (Å²) in [6.45, 7) is 4.68. The van der Waals surface area contributed by atoms with Crippen molar-refractivity contribution in [3.63, 3.8) is 0 Å². The van der Waals surface area contributed by atoms with Crippen LogP contribution in [-0.4, -0.2) is 24.9 Å². The van der Waals surface area contributed by atoms with Gasteiger partial charge in [0.2, 0.25) is 16.0 Å². The third kappa shape index (κ3) is 4.85. The number of nitrogens with zero attached hydrogens (tertiary/aromatic N) is 2. The first-order valence-corrected chi connectivity index (χ1v) is 10.3. The Labute approximate surface area is 164 Å². The molecule has 28 heavy (non-hydrogen) atoms. The van der Waals surface area contributed by atoms with Gasteiger partial charge in [-0.3, -0.25) is 0 Å². The highest BCUT2D eigenvalue weighted by Crippen LogP contribution is 2.25. The van der Waals surface area contributed by atoms with E-state index >= 15 is 0 Å². The van der Waals surface area contributed by atoms with E-state index in [1.807, 2.05) is 19.9 Å². The van der Waals surface area contributed by atoms with Gasteiger partial charge in [-0.2, -0.15) is 4.98 Å². The van der Waals surface area contributed by atoms with Crippen LogP contribution in [0.3, 0.4) is 0 Å². The second-order valence-electron chi connectivity index (χ2n) is 6.68. The van der Waals surface area contributed by atoms with Crippen molar-refractivity contribution < 1.29 is 8.42 Å². The Morgan fingerprint density at radius 2 is 1.71 bits per heavy atom. The highest BCUT2D eigenvalue weighted by molar-refractivity contribution is 7.89. The first-order chi connectivity index (χ1) is 13.2. The summed E-state index contributed by atoms with van der Waals surface area (Å²) in [6, 6.07) is 14.6. The summed E-state index contributed by atoms with van der Waals surface area (Å²) in [7, 11) is -3.67. The van der Waals surface area contributed by atoms with Gasteiger partial charge in [0.25, 0.3) is 0 Å². The number of benzene rings is 2. The van der Waals surface area contributed by atoms with Crippen LogP contribution >= 0.6 is 0 Å². The highest BCUT2D eigenvalue weighted by Gasteiger charge is 2.09. The second kappa shape index (κ2) is 7.95. The fourth-order valence-electron chi connectivity index (χ4n) is 2.89. The Bertz CT molecular complexity index is 1100. The maximum Gasteiger partial charge on any atom is 0.238 e. The molecule has 0 bridgehead atoms. The Morgan fingerprint density at radius 3 is 2.39 bits per heavy atom. The van der Waals surface area contributed by atoms with Crippen molar-refractivity contribution in [3.8, 4) is 11.3 Å². The minimum atomic E-state index is -3.67. The molecule has 0 spiro atoms. The van der Waals surface area contributed by atoms with E-state index in [0.29, 0.717) is 18.8 Å². The summed E-state index contributed by atoms with van der Waals surface area (Å²) in [4.78, 5) is 8.71. The van der Waals surface area contributed by atoms with Gasteiger partial charge in [-0.15, -0.1) is 0 Å². The quantitative estimate of drug-likeness (QED) is 0.587. The monoisotopic (exact) mass is 397 g/mol. The average molecular weight is 398 g/mol. The van der Waals surface area contributed by atoms with Crippen molar-refractivity contribution in [2.45, 2.75) is 25.2 Å². The molecule has 3 rings (SSSR count). The first-order valence-electron chi connectivity index (χ1n) is 8.80. The summed E-state index contributed by atoms with van der Waals surface area (Å²) in [6.07, 6.45) is 0.688. The minimum Gasteiger partial charge on any atom is -0.370 e. The van der Waals surface area contributed by atoms with Crippen LogP contribution in [-0.2, 0) is 16.4 Å². The lowest BCUT2D eigenvalue weighted by Gasteiger charge is -2.11. The van der Waals surface area contributed by atoms with Gasteiger partial charge in [0, 0.05) is 18.2 Å². The molecule has 0 aliphatic heterocycles. The molecule has 0 fully saturated rings. The maximum atomic E-state index is 11.3. The van der Waals surface area contributed by atoms with Gasteiger partial charge in [0.15, 0.2) is 0 Å². The smallest absolute Gasteiger partial charge is 0.238 e. The zero-order chi connectivity index (χ0) is 20.3. The number of nitrogen functional groups attached to an aromatic ring is 1. The number of rotatable bonds is 6. The molecule has 0 radical (unpaired) electrons. The van der Waals surface area contributed by atoms with Crippen LogP contribution in [0.25, 0.3) is 11.3 Å². The molecule has 7 nitrogen and oxygen atoms in total. The Morgan fingerprint density at radius 1 is 1.00 bits per heavy atom. The number of primary sulfonamides is 1. The van der Waals surface area contributed by atoms with Crippen molar-refractivity contribution in [1.82, 2.24) is 9.97 Å². The Balaban J connectivity index is 1.71. The lowest BCUT2D eigenvalue weighted by Crippen LogP contribution is -2.12. The molecular formula is C20H23N5O2S. The van der Waals surface area contributed by atoms with Gasteiger partial charge in [0.05, 0.1) is 10.6 Å². The van der Waals surface area contributed by atoms with Crippen molar-refractivity contribution in [3.05, 3.63) is 65.2 Å². The molecule has 1 aromatic heterocycles. The van der Waals surface area contributed by atoms with Crippen molar-refractivity contribution in [1.29, 1.82) is 0 Å².